The smallest absolute Gasteiger partial charge is 0.292 e. The van der Waals surface area contributed by atoms with E-state index in [1.807, 2.05) is 12.1 Å². The van der Waals surface area contributed by atoms with Crippen molar-refractivity contribution in [1.29, 1.82) is 0 Å². The van der Waals surface area contributed by atoms with Gasteiger partial charge in [-0.15, -0.1) is 0 Å². The molecule has 4 nitrogen and oxygen atoms in total. The normalized spacial score (nSPS) is 10.5. The van der Waals surface area contributed by atoms with Crippen molar-refractivity contribution in [2.24, 2.45) is 0 Å². The number of nitrogen functional groups attached to an aromatic ring is 1. The van der Waals surface area contributed by atoms with Crippen LogP contribution in [0.5, 0.6) is 5.75 Å². The molecule has 0 aliphatic carbocycles. The van der Waals surface area contributed by atoms with E-state index >= 15 is 0 Å². The van der Waals surface area contributed by atoms with Crippen molar-refractivity contribution in [3.05, 3.63) is 41.3 Å². The van der Waals surface area contributed by atoms with Crippen LogP contribution in [0.2, 0.25) is 0 Å². The van der Waals surface area contributed by atoms with Gasteiger partial charge in [0.1, 0.15) is 12.0 Å². The zero-order chi connectivity index (χ0) is 12.3. The molecule has 4 heteroatoms. The molecule has 0 atom stereocenters. The summed E-state index contributed by atoms with van der Waals surface area (Å²) in [5.74, 6) is 0.927. The summed E-state index contributed by atoms with van der Waals surface area (Å²) in [4.78, 5) is 4.08. The third kappa shape index (κ3) is 2.58. The van der Waals surface area contributed by atoms with E-state index in [9.17, 15) is 0 Å². The van der Waals surface area contributed by atoms with Crippen LogP contribution in [0, 0.1) is 0 Å². The minimum Gasteiger partial charge on any atom is -0.496 e. The molecule has 2 rings (SSSR count). The maximum absolute atomic E-state index is 5.44. The van der Waals surface area contributed by atoms with Crippen LogP contribution in [-0.4, -0.2) is 12.1 Å². The molecular formula is C13H16N2O2. The molecule has 0 spiro atoms. The first-order chi connectivity index (χ1) is 8.22. The van der Waals surface area contributed by atoms with Crippen molar-refractivity contribution in [2.75, 3.05) is 12.8 Å². The molecule has 0 fully saturated rings. The van der Waals surface area contributed by atoms with Gasteiger partial charge in [0.25, 0.3) is 6.01 Å². The van der Waals surface area contributed by atoms with Gasteiger partial charge in [-0.3, -0.25) is 0 Å². The Balaban J connectivity index is 2.22. The summed E-state index contributed by atoms with van der Waals surface area (Å²) < 4.78 is 10.3. The van der Waals surface area contributed by atoms with Gasteiger partial charge in [-0.1, -0.05) is 19.1 Å². The number of ether oxygens (including phenoxy) is 1. The van der Waals surface area contributed by atoms with Gasteiger partial charge in [0.05, 0.1) is 12.8 Å². The van der Waals surface area contributed by atoms with E-state index < -0.39 is 0 Å². The Hall–Kier alpha value is -1.97. The fraction of sp³-hybridized carbons (Fsp3) is 0.308. The predicted molar refractivity (Wildman–Crippen MR) is 66.1 cm³/mol. The maximum Gasteiger partial charge on any atom is 0.292 e. The number of nitrogens with two attached hydrogens (primary N) is 1. The van der Waals surface area contributed by atoms with E-state index in [1.54, 1.807) is 13.4 Å². The lowest BCUT2D eigenvalue weighted by atomic mass is 10.0. The topological polar surface area (TPSA) is 61.3 Å². The van der Waals surface area contributed by atoms with E-state index in [0.717, 1.165) is 24.3 Å². The fourth-order valence-electron chi connectivity index (χ4n) is 1.83. The quantitative estimate of drug-likeness (QED) is 0.879. The Kier molecular flexibility index (Phi) is 3.32. The fourth-order valence-corrected chi connectivity index (χ4v) is 1.83. The molecule has 90 valence electrons. The second kappa shape index (κ2) is 4.91. The van der Waals surface area contributed by atoms with Crippen molar-refractivity contribution in [3.63, 3.8) is 0 Å². The predicted octanol–water partition coefficient (Wildman–Crippen LogP) is 2.42. The average molecular weight is 232 g/mol. The van der Waals surface area contributed by atoms with Gasteiger partial charge < -0.3 is 14.9 Å². The van der Waals surface area contributed by atoms with Crippen LogP contribution in [0.25, 0.3) is 0 Å². The average Bonchev–Trinajstić information content (AvgIpc) is 2.74. The lowest BCUT2D eigenvalue weighted by molar-refractivity contribution is 0.410. The van der Waals surface area contributed by atoms with Gasteiger partial charge in [0.15, 0.2) is 0 Å². The third-order valence-electron chi connectivity index (χ3n) is 2.68. The third-order valence-corrected chi connectivity index (χ3v) is 2.68. The Morgan fingerprint density at radius 3 is 2.82 bits per heavy atom. The summed E-state index contributed by atoms with van der Waals surface area (Å²) >= 11 is 0. The molecular weight excluding hydrogens is 216 g/mol. The van der Waals surface area contributed by atoms with Crippen molar-refractivity contribution < 1.29 is 9.15 Å². The number of benzene rings is 1. The zero-order valence-electron chi connectivity index (χ0n) is 10.1. The van der Waals surface area contributed by atoms with E-state index in [-0.39, 0.29) is 6.01 Å². The molecule has 0 saturated carbocycles. The number of aryl methyl sites for hydroxylation is 1. The number of aromatic nitrogens is 1. The first-order valence-electron chi connectivity index (χ1n) is 5.58. The Morgan fingerprint density at radius 1 is 1.41 bits per heavy atom. The molecule has 0 amide bonds. The summed E-state index contributed by atoms with van der Waals surface area (Å²) in [6, 6.07) is 6.36. The van der Waals surface area contributed by atoms with E-state index in [0.29, 0.717) is 0 Å². The highest BCUT2D eigenvalue weighted by atomic mass is 16.5. The highest BCUT2D eigenvalue weighted by Gasteiger charge is 2.06. The summed E-state index contributed by atoms with van der Waals surface area (Å²) in [5, 5.41) is 0. The molecule has 1 aromatic carbocycles. The Bertz CT molecular complexity index is 506. The van der Waals surface area contributed by atoms with Gasteiger partial charge in [-0.05, 0) is 23.6 Å². The molecule has 0 radical (unpaired) electrons. The van der Waals surface area contributed by atoms with Gasteiger partial charge in [-0.2, -0.15) is 4.98 Å². The van der Waals surface area contributed by atoms with Crippen molar-refractivity contribution in [1.82, 2.24) is 4.98 Å². The molecule has 0 unspecified atom stereocenters. The first kappa shape index (κ1) is 11.5. The van der Waals surface area contributed by atoms with Crippen molar-refractivity contribution in [3.8, 4) is 5.75 Å². The summed E-state index contributed by atoms with van der Waals surface area (Å²) in [5.41, 5.74) is 8.65. The molecule has 17 heavy (non-hydrogen) atoms. The molecule has 2 aromatic rings. The molecule has 0 bridgehead atoms. The molecule has 1 heterocycles. The number of hydrogen-bond donors (Lipinski definition) is 1. The van der Waals surface area contributed by atoms with Crippen LogP contribution in [0.3, 0.4) is 0 Å². The minimum atomic E-state index is 0.212. The number of hydrogen-bond acceptors (Lipinski definition) is 4. The van der Waals surface area contributed by atoms with E-state index in [2.05, 4.69) is 18.0 Å². The summed E-state index contributed by atoms with van der Waals surface area (Å²) in [6.07, 6.45) is 3.25. The number of anilines is 1. The van der Waals surface area contributed by atoms with E-state index in [1.165, 1.54) is 11.1 Å². The standard InChI is InChI=1S/C13H16N2O2/c1-3-10-6-9(4-5-12(10)16-2)7-11-8-17-13(14)15-11/h4-6,8H,3,7H2,1-2H3,(H2,14,15). The zero-order valence-corrected chi connectivity index (χ0v) is 10.1. The number of rotatable bonds is 4. The summed E-state index contributed by atoms with van der Waals surface area (Å²) in [7, 11) is 1.69. The SMILES string of the molecule is CCc1cc(Cc2coc(N)n2)ccc1OC. The molecule has 1 aromatic heterocycles. The summed E-state index contributed by atoms with van der Waals surface area (Å²) in [6.45, 7) is 2.11. The van der Waals surface area contributed by atoms with Gasteiger partial charge in [0, 0.05) is 6.42 Å². The Morgan fingerprint density at radius 2 is 2.24 bits per heavy atom. The molecule has 0 aliphatic rings. The highest BCUT2D eigenvalue weighted by molar-refractivity contribution is 5.38. The molecule has 0 saturated heterocycles. The maximum atomic E-state index is 5.44. The Labute approximate surface area is 100 Å². The van der Waals surface area contributed by atoms with Gasteiger partial charge in [0.2, 0.25) is 0 Å². The van der Waals surface area contributed by atoms with Crippen LogP contribution in [0.4, 0.5) is 6.01 Å². The molecule has 0 aliphatic heterocycles. The highest BCUT2D eigenvalue weighted by Crippen LogP contribution is 2.21. The van der Waals surface area contributed by atoms with E-state index in [4.69, 9.17) is 14.9 Å². The molecule has 2 N–H and O–H groups in total. The second-order valence-electron chi connectivity index (χ2n) is 3.85. The minimum absolute atomic E-state index is 0.212. The largest absolute Gasteiger partial charge is 0.496 e. The van der Waals surface area contributed by atoms with Gasteiger partial charge in [-0.25, -0.2) is 0 Å². The van der Waals surface area contributed by atoms with Crippen LogP contribution < -0.4 is 10.5 Å². The lowest BCUT2D eigenvalue weighted by Crippen LogP contribution is -1.95. The van der Waals surface area contributed by atoms with Crippen LogP contribution in [0.15, 0.2) is 28.9 Å². The van der Waals surface area contributed by atoms with Gasteiger partial charge >= 0.3 is 0 Å². The first-order valence-corrected chi connectivity index (χ1v) is 5.58. The second-order valence-corrected chi connectivity index (χ2v) is 3.85. The van der Waals surface area contributed by atoms with Crippen molar-refractivity contribution in [2.45, 2.75) is 19.8 Å². The number of methoxy groups -OCH3 is 1. The monoisotopic (exact) mass is 232 g/mol. The number of nitrogens with zero attached hydrogens (tertiary/aromatic N) is 1. The van der Waals surface area contributed by atoms with Crippen LogP contribution >= 0.6 is 0 Å². The lowest BCUT2D eigenvalue weighted by Gasteiger charge is -2.08. The van der Waals surface area contributed by atoms with Crippen LogP contribution in [0.1, 0.15) is 23.7 Å². The van der Waals surface area contributed by atoms with Crippen LogP contribution in [-0.2, 0) is 12.8 Å². The number of oxazole rings is 1. The van der Waals surface area contributed by atoms with Crippen molar-refractivity contribution >= 4 is 6.01 Å².